The van der Waals surface area contributed by atoms with Gasteiger partial charge in [-0.15, -0.1) is 0 Å². The molecule has 2 aromatic rings. The molecule has 0 aromatic heterocycles. The highest BCUT2D eigenvalue weighted by molar-refractivity contribution is 5.90. The fraction of sp³-hybridized carbons (Fsp3) is 0.458. The number of benzene rings is 2. The van der Waals surface area contributed by atoms with Gasteiger partial charge >= 0.3 is 0 Å². The molecule has 5 heteroatoms. The summed E-state index contributed by atoms with van der Waals surface area (Å²) in [5.74, 6) is 2.43. The first kappa shape index (κ1) is 18.5. The monoisotopic (exact) mass is 392 g/mol. The Morgan fingerprint density at radius 3 is 2.62 bits per heavy atom. The standard InChI is InChI=1S/C24H28N2O3/c1-28-20-10-8-17(9-11-20)21-14-19-16-25(15-18-6-3-4-7-22(18)29-2)23(27)24(19)12-5-13-26(21)24/h3-4,6-11,19,21H,5,12-16H2,1-2H3/t19-,21-,24-/m0/s1. The number of ether oxygens (including phenoxy) is 2. The third-order valence-electron chi connectivity index (χ3n) is 7.18. The molecule has 3 fully saturated rings. The molecule has 0 radical (unpaired) electrons. The minimum absolute atomic E-state index is 0.307. The summed E-state index contributed by atoms with van der Waals surface area (Å²) in [4.78, 5) is 18.3. The highest BCUT2D eigenvalue weighted by Gasteiger charge is 2.65. The maximum atomic E-state index is 13.7. The zero-order chi connectivity index (χ0) is 20.0. The predicted octanol–water partition coefficient (Wildman–Crippen LogP) is 3.64. The molecule has 0 unspecified atom stereocenters. The normalized spacial score (nSPS) is 28.5. The van der Waals surface area contributed by atoms with E-state index in [2.05, 4.69) is 28.0 Å². The highest BCUT2D eigenvalue weighted by atomic mass is 16.5. The minimum atomic E-state index is -0.313. The highest BCUT2D eigenvalue weighted by Crippen LogP contribution is 2.56. The molecule has 2 aromatic carbocycles. The van der Waals surface area contributed by atoms with E-state index in [1.165, 1.54) is 5.56 Å². The molecule has 0 N–H and O–H groups in total. The van der Waals surface area contributed by atoms with E-state index in [0.29, 0.717) is 24.4 Å². The van der Waals surface area contributed by atoms with Crippen molar-refractivity contribution in [2.75, 3.05) is 27.3 Å². The summed E-state index contributed by atoms with van der Waals surface area (Å²) < 4.78 is 10.8. The second-order valence-electron chi connectivity index (χ2n) is 8.44. The van der Waals surface area contributed by atoms with Crippen molar-refractivity contribution in [1.29, 1.82) is 0 Å². The molecule has 0 bridgehead atoms. The maximum Gasteiger partial charge on any atom is 0.243 e. The third kappa shape index (κ3) is 2.75. The molecule has 3 aliphatic rings. The molecular formula is C24H28N2O3. The number of carbonyl (C=O) groups is 1. The molecule has 3 aliphatic heterocycles. The third-order valence-corrected chi connectivity index (χ3v) is 7.18. The van der Waals surface area contributed by atoms with Crippen LogP contribution in [0.2, 0.25) is 0 Å². The largest absolute Gasteiger partial charge is 0.497 e. The van der Waals surface area contributed by atoms with Crippen molar-refractivity contribution >= 4 is 5.91 Å². The van der Waals surface area contributed by atoms with Crippen LogP contribution in [0.25, 0.3) is 0 Å². The zero-order valence-electron chi connectivity index (χ0n) is 17.1. The minimum Gasteiger partial charge on any atom is -0.497 e. The summed E-state index contributed by atoms with van der Waals surface area (Å²) >= 11 is 0. The Morgan fingerprint density at radius 2 is 1.86 bits per heavy atom. The molecule has 29 heavy (non-hydrogen) atoms. The molecule has 3 atom stereocenters. The Labute approximate surface area is 172 Å². The van der Waals surface area contributed by atoms with Gasteiger partial charge in [0.15, 0.2) is 0 Å². The van der Waals surface area contributed by atoms with Crippen molar-refractivity contribution < 1.29 is 14.3 Å². The molecule has 152 valence electrons. The van der Waals surface area contributed by atoms with Gasteiger partial charge in [0.05, 0.1) is 14.2 Å². The van der Waals surface area contributed by atoms with E-state index in [1.807, 2.05) is 30.3 Å². The van der Waals surface area contributed by atoms with Gasteiger partial charge in [0, 0.05) is 30.6 Å². The van der Waals surface area contributed by atoms with Crippen molar-refractivity contribution in [2.24, 2.45) is 5.92 Å². The number of nitrogens with zero attached hydrogens (tertiary/aromatic N) is 2. The summed E-state index contributed by atoms with van der Waals surface area (Å²) in [5.41, 5.74) is 2.06. The number of likely N-dealkylation sites (tertiary alicyclic amines) is 1. The van der Waals surface area contributed by atoms with E-state index in [-0.39, 0.29) is 5.54 Å². The Bertz CT molecular complexity index is 913. The Kier molecular flexibility index (Phi) is 4.50. The molecule has 0 aliphatic carbocycles. The first-order chi connectivity index (χ1) is 14.2. The van der Waals surface area contributed by atoms with Gasteiger partial charge in [0.1, 0.15) is 17.0 Å². The molecule has 3 heterocycles. The molecular weight excluding hydrogens is 364 g/mol. The second-order valence-corrected chi connectivity index (χ2v) is 8.44. The molecule has 1 amide bonds. The van der Waals surface area contributed by atoms with E-state index < -0.39 is 0 Å². The number of hydrogen-bond donors (Lipinski definition) is 0. The van der Waals surface area contributed by atoms with Crippen LogP contribution in [0.1, 0.15) is 36.4 Å². The summed E-state index contributed by atoms with van der Waals surface area (Å²) in [6.45, 7) is 2.46. The zero-order valence-corrected chi connectivity index (χ0v) is 17.1. The van der Waals surface area contributed by atoms with E-state index in [1.54, 1.807) is 14.2 Å². The van der Waals surface area contributed by atoms with Crippen LogP contribution < -0.4 is 9.47 Å². The van der Waals surface area contributed by atoms with Crippen LogP contribution in [0.4, 0.5) is 0 Å². The van der Waals surface area contributed by atoms with Gasteiger partial charge < -0.3 is 14.4 Å². The van der Waals surface area contributed by atoms with Crippen LogP contribution in [0, 0.1) is 5.92 Å². The SMILES string of the molecule is COc1ccc([C@@H]2C[C@H]3CN(Cc4ccccc4OC)C(=O)[C@]34CCCN24)cc1. The van der Waals surface area contributed by atoms with Crippen LogP contribution in [0.5, 0.6) is 11.5 Å². The van der Waals surface area contributed by atoms with E-state index in [9.17, 15) is 4.79 Å². The summed E-state index contributed by atoms with van der Waals surface area (Å²) in [6, 6.07) is 16.7. The first-order valence-corrected chi connectivity index (χ1v) is 10.5. The van der Waals surface area contributed by atoms with Crippen molar-refractivity contribution in [2.45, 2.75) is 37.4 Å². The first-order valence-electron chi connectivity index (χ1n) is 10.5. The van der Waals surface area contributed by atoms with Crippen LogP contribution in [0.15, 0.2) is 48.5 Å². The van der Waals surface area contributed by atoms with Gasteiger partial charge in [-0.05, 0) is 49.6 Å². The van der Waals surface area contributed by atoms with Crippen molar-refractivity contribution in [3.63, 3.8) is 0 Å². The lowest BCUT2D eigenvalue weighted by atomic mass is 9.85. The lowest BCUT2D eigenvalue weighted by Gasteiger charge is -2.33. The molecule has 5 nitrogen and oxygen atoms in total. The number of carbonyl (C=O) groups excluding carboxylic acids is 1. The quantitative estimate of drug-likeness (QED) is 0.779. The fourth-order valence-corrected chi connectivity index (χ4v) is 5.90. The van der Waals surface area contributed by atoms with Gasteiger partial charge in [-0.2, -0.15) is 0 Å². The summed E-state index contributed by atoms with van der Waals surface area (Å²) in [6.07, 6.45) is 3.11. The van der Waals surface area contributed by atoms with E-state index in [4.69, 9.17) is 9.47 Å². The maximum absolute atomic E-state index is 13.7. The average molecular weight is 392 g/mol. The number of rotatable bonds is 5. The predicted molar refractivity (Wildman–Crippen MR) is 111 cm³/mol. The lowest BCUT2D eigenvalue weighted by molar-refractivity contribution is -0.137. The smallest absolute Gasteiger partial charge is 0.243 e. The Hall–Kier alpha value is -2.53. The Morgan fingerprint density at radius 1 is 1.07 bits per heavy atom. The van der Waals surface area contributed by atoms with Crippen LogP contribution in [0.3, 0.4) is 0 Å². The second kappa shape index (κ2) is 7.06. The van der Waals surface area contributed by atoms with Crippen LogP contribution in [-0.2, 0) is 11.3 Å². The van der Waals surface area contributed by atoms with Crippen molar-refractivity contribution in [1.82, 2.24) is 9.80 Å². The number of para-hydroxylation sites is 1. The van der Waals surface area contributed by atoms with Gasteiger partial charge in [-0.25, -0.2) is 0 Å². The fourth-order valence-electron chi connectivity index (χ4n) is 5.90. The number of amides is 1. The van der Waals surface area contributed by atoms with Crippen molar-refractivity contribution in [3.8, 4) is 11.5 Å². The van der Waals surface area contributed by atoms with Gasteiger partial charge in [-0.3, -0.25) is 9.69 Å². The summed E-state index contributed by atoms with van der Waals surface area (Å²) in [7, 11) is 3.38. The Balaban J connectivity index is 1.40. The number of hydrogen-bond acceptors (Lipinski definition) is 4. The van der Waals surface area contributed by atoms with Gasteiger partial charge in [0.2, 0.25) is 5.91 Å². The topological polar surface area (TPSA) is 42.0 Å². The molecule has 1 spiro atoms. The van der Waals surface area contributed by atoms with Crippen LogP contribution >= 0.6 is 0 Å². The van der Waals surface area contributed by atoms with Crippen LogP contribution in [-0.4, -0.2) is 48.6 Å². The van der Waals surface area contributed by atoms with Gasteiger partial charge in [0.25, 0.3) is 0 Å². The molecule has 0 saturated carbocycles. The molecule has 5 rings (SSSR count). The summed E-state index contributed by atoms with van der Waals surface area (Å²) in [5, 5.41) is 0. The lowest BCUT2D eigenvalue weighted by Crippen LogP contribution is -2.49. The van der Waals surface area contributed by atoms with E-state index >= 15 is 0 Å². The van der Waals surface area contributed by atoms with Crippen molar-refractivity contribution in [3.05, 3.63) is 59.7 Å². The van der Waals surface area contributed by atoms with Gasteiger partial charge in [-0.1, -0.05) is 30.3 Å². The average Bonchev–Trinajstić information content (AvgIpc) is 3.39. The molecule has 3 saturated heterocycles. The number of methoxy groups -OCH3 is 2. The van der Waals surface area contributed by atoms with E-state index in [0.717, 1.165) is 49.4 Å².